The van der Waals surface area contributed by atoms with Crippen LogP contribution in [0.25, 0.3) is 11.4 Å². The maximum Gasteiger partial charge on any atom is 0.309 e. The third-order valence-electron chi connectivity index (χ3n) is 5.93. The fraction of sp³-hybridized carbons (Fsp3) is 0.560. The molecule has 0 radical (unpaired) electrons. The van der Waals surface area contributed by atoms with Crippen molar-refractivity contribution in [3.8, 4) is 22.9 Å². The number of methoxy groups -OCH3 is 1. The highest BCUT2D eigenvalue weighted by atomic mass is 16.5. The molecular formula is C25H34N4O7. The monoisotopic (exact) mass is 502 g/mol. The maximum atomic E-state index is 12.6. The van der Waals surface area contributed by atoms with E-state index in [1.807, 2.05) is 6.92 Å². The number of carbonyl (C=O) groups is 2. The zero-order valence-electron chi connectivity index (χ0n) is 21.1. The molecule has 0 atom stereocenters. The first-order valence-corrected chi connectivity index (χ1v) is 12.3. The molecule has 1 saturated heterocycles. The van der Waals surface area contributed by atoms with Gasteiger partial charge in [-0.25, -0.2) is 0 Å². The Bertz CT molecular complexity index is 1080. The molecule has 1 aliphatic rings. The van der Waals surface area contributed by atoms with E-state index >= 15 is 0 Å². The molecule has 3 rings (SSSR count). The van der Waals surface area contributed by atoms with Gasteiger partial charge in [-0.1, -0.05) is 0 Å². The van der Waals surface area contributed by atoms with Crippen LogP contribution < -0.4 is 15.0 Å². The van der Waals surface area contributed by atoms with E-state index in [1.54, 1.807) is 30.0 Å². The van der Waals surface area contributed by atoms with Crippen molar-refractivity contribution in [3.63, 3.8) is 0 Å². The number of aromatic amines is 1. The Hall–Kier alpha value is -3.47. The predicted octanol–water partition coefficient (Wildman–Crippen LogP) is 1.99. The predicted molar refractivity (Wildman–Crippen MR) is 131 cm³/mol. The Labute approximate surface area is 210 Å². The van der Waals surface area contributed by atoms with E-state index in [2.05, 4.69) is 15.2 Å². The highest BCUT2D eigenvalue weighted by molar-refractivity contribution is 5.77. The molecule has 2 heterocycles. The molecule has 0 aliphatic carbocycles. The fourth-order valence-electron chi connectivity index (χ4n) is 3.95. The lowest BCUT2D eigenvalue weighted by atomic mass is 9.96. The van der Waals surface area contributed by atoms with Crippen LogP contribution in [0.5, 0.6) is 11.5 Å². The smallest absolute Gasteiger partial charge is 0.309 e. The average Bonchev–Trinajstić information content (AvgIpc) is 2.90. The van der Waals surface area contributed by atoms with Crippen LogP contribution in [0.2, 0.25) is 0 Å². The molecule has 0 unspecified atom stereocenters. The van der Waals surface area contributed by atoms with Gasteiger partial charge in [0.2, 0.25) is 5.91 Å². The molecule has 11 nitrogen and oxygen atoms in total. The molecule has 1 aromatic heterocycles. The van der Waals surface area contributed by atoms with Gasteiger partial charge in [0.25, 0.3) is 5.56 Å². The number of likely N-dealkylation sites (tertiary alicyclic amines) is 1. The quantitative estimate of drug-likeness (QED) is 0.342. The summed E-state index contributed by atoms with van der Waals surface area (Å²) in [6.07, 6.45) is 1.48. The number of piperidine rings is 1. The summed E-state index contributed by atoms with van der Waals surface area (Å²) in [5, 5.41) is 8.20. The van der Waals surface area contributed by atoms with Crippen molar-refractivity contribution >= 4 is 11.9 Å². The summed E-state index contributed by atoms with van der Waals surface area (Å²) in [6, 6.07) is 5.19. The Morgan fingerprint density at radius 1 is 1.08 bits per heavy atom. The van der Waals surface area contributed by atoms with Crippen molar-refractivity contribution in [3.05, 3.63) is 34.2 Å². The Morgan fingerprint density at radius 2 is 1.86 bits per heavy atom. The fourth-order valence-corrected chi connectivity index (χ4v) is 3.95. The van der Waals surface area contributed by atoms with E-state index in [4.69, 9.17) is 18.9 Å². The van der Waals surface area contributed by atoms with Gasteiger partial charge >= 0.3 is 5.97 Å². The van der Waals surface area contributed by atoms with Crippen LogP contribution in [-0.4, -0.2) is 78.6 Å². The Balaban J connectivity index is 1.56. The summed E-state index contributed by atoms with van der Waals surface area (Å²) in [6.45, 7) is 6.51. The molecule has 196 valence electrons. The van der Waals surface area contributed by atoms with E-state index in [0.29, 0.717) is 69.4 Å². The minimum atomic E-state index is -0.398. The number of esters is 1. The second kappa shape index (κ2) is 13.6. The molecular weight excluding hydrogens is 468 g/mol. The normalized spacial score (nSPS) is 13.9. The van der Waals surface area contributed by atoms with E-state index in [1.165, 1.54) is 7.11 Å². The molecule has 1 aromatic carbocycles. The van der Waals surface area contributed by atoms with Crippen molar-refractivity contribution in [2.45, 2.75) is 39.5 Å². The van der Waals surface area contributed by atoms with E-state index in [9.17, 15) is 14.4 Å². The second-order valence-electron chi connectivity index (χ2n) is 8.27. The number of H-pyrrole nitrogens is 1. The molecule has 2 aromatic rings. The number of rotatable bonds is 12. The van der Waals surface area contributed by atoms with Crippen LogP contribution in [0.4, 0.5) is 0 Å². The SMILES string of the molecule is CCOCCOc1ccc(-c2nnc(CCC(=O)N3CCC(C(=O)OCC)CC3)c(=O)[nH]2)cc1OC. The second-order valence-corrected chi connectivity index (χ2v) is 8.27. The minimum absolute atomic E-state index is 0.0766. The first-order chi connectivity index (χ1) is 17.5. The van der Waals surface area contributed by atoms with Gasteiger partial charge in [-0.2, -0.15) is 0 Å². The number of nitrogens with one attached hydrogen (secondary N) is 1. The molecule has 1 fully saturated rings. The number of ether oxygens (including phenoxy) is 4. The molecule has 11 heteroatoms. The van der Waals surface area contributed by atoms with Crippen LogP contribution in [0.15, 0.2) is 23.0 Å². The van der Waals surface area contributed by atoms with Crippen LogP contribution in [0.3, 0.4) is 0 Å². The van der Waals surface area contributed by atoms with Crippen molar-refractivity contribution in [2.75, 3.05) is 46.6 Å². The molecule has 0 spiro atoms. The lowest BCUT2D eigenvalue weighted by molar-refractivity contribution is -0.151. The van der Waals surface area contributed by atoms with Gasteiger partial charge in [0.15, 0.2) is 17.3 Å². The lowest BCUT2D eigenvalue weighted by Gasteiger charge is -2.30. The van der Waals surface area contributed by atoms with E-state index < -0.39 is 5.56 Å². The van der Waals surface area contributed by atoms with Crippen molar-refractivity contribution in [1.29, 1.82) is 0 Å². The number of benzene rings is 1. The number of aryl methyl sites for hydroxylation is 1. The summed E-state index contributed by atoms with van der Waals surface area (Å²) in [5.41, 5.74) is 0.405. The summed E-state index contributed by atoms with van der Waals surface area (Å²) in [5.74, 6) is 0.894. The van der Waals surface area contributed by atoms with Gasteiger partial charge < -0.3 is 28.8 Å². The summed E-state index contributed by atoms with van der Waals surface area (Å²) in [4.78, 5) is 41.5. The Kier molecular flexibility index (Phi) is 10.2. The van der Waals surface area contributed by atoms with Gasteiger partial charge in [-0.3, -0.25) is 14.4 Å². The van der Waals surface area contributed by atoms with Gasteiger partial charge in [0, 0.05) is 38.1 Å². The molecule has 36 heavy (non-hydrogen) atoms. The zero-order valence-corrected chi connectivity index (χ0v) is 21.1. The number of amides is 1. The summed E-state index contributed by atoms with van der Waals surface area (Å²) >= 11 is 0. The summed E-state index contributed by atoms with van der Waals surface area (Å²) in [7, 11) is 1.53. The molecule has 0 bridgehead atoms. The van der Waals surface area contributed by atoms with Crippen LogP contribution in [0.1, 0.15) is 38.8 Å². The summed E-state index contributed by atoms with van der Waals surface area (Å²) < 4.78 is 21.4. The number of hydrogen-bond donors (Lipinski definition) is 1. The van der Waals surface area contributed by atoms with Gasteiger partial charge in [-0.15, -0.1) is 10.2 Å². The van der Waals surface area contributed by atoms with Crippen molar-refractivity contribution < 1.29 is 28.5 Å². The largest absolute Gasteiger partial charge is 0.493 e. The number of aromatic nitrogens is 3. The molecule has 0 saturated carbocycles. The number of hydrogen-bond acceptors (Lipinski definition) is 9. The highest BCUT2D eigenvalue weighted by Crippen LogP contribution is 2.31. The topological polar surface area (TPSA) is 133 Å². The van der Waals surface area contributed by atoms with Crippen LogP contribution in [-0.2, 0) is 25.5 Å². The molecule has 1 N–H and O–H groups in total. The maximum absolute atomic E-state index is 12.6. The first-order valence-electron chi connectivity index (χ1n) is 12.3. The van der Waals surface area contributed by atoms with Gasteiger partial charge in [-0.05, 0) is 44.9 Å². The van der Waals surface area contributed by atoms with E-state index in [0.717, 1.165) is 0 Å². The third kappa shape index (κ3) is 7.27. The number of carbonyl (C=O) groups excluding carboxylic acids is 2. The first kappa shape index (κ1) is 27.1. The van der Waals surface area contributed by atoms with E-state index in [-0.39, 0.29) is 42.2 Å². The van der Waals surface area contributed by atoms with Crippen molar-refractivity contribution in [2.24, 2.45) is 5.92 Å². The number of nitrogens with zero attached hydrogens (tertiary/aromatic N) is 3. The van der Waals surface area contributed by atoms with Crippen LogP contribution in [0, 0.1) is 5.92 Å². The highest BCUT2D eigenvalue weighted by Gasteiger charge is 2.28. The van der Waals surface area contributed by atoms with Crippen molar-refractivity contribution in [1.82, 2.24) is 20.1 Å². The van der Waals surface area contributed by atoms with Crippen LogP contribution >= 0.6 is 0 Å². The zero-order chi connectivity index (χ0) is 25.9. The van der Waals surface area contributed by atoms with Gasteiger partial charge in [0.05, 0.1) is 26.2 Å². The third-order valence-corrected chi connectivity index (χ3v) is 5.93. The molecule has 1 amide bonds. The lowest BCUT2D eigenvalue weighted by Crippen LogP contribution is -2.40. The minimum Gasteiger partial charge on any atom is -0.493 e. The Morgan fingerprint density at radius 3 is 2.53 bits per heavy atom. The molecule has 1 aliphatic heterocycles. The standard InChI is InChI=1S/C25H34N4O7/c1-4-34-14-15-36-20-8-6-18(16-21(20)33-3)23-26-24(31)19(27-28-23)7-9-22(30)29-12-10-17(11-13-29)25(32)35-5-2/h6,8,16-17H,4-5,7,9-15H2,1-3H3,(H,26,28,31). The average molecular weight is 503 g/mol. The van der Waals surface area contributed by atoms with Gasteiger partial charge in [0.1, 0.15) is 12.3 Å².